The average Bonchev–Trinajstić information content (AvgIpc) is 2.88. The Balaban J connectivity index is 0.000000369. The normalized spacial score (nSPS) is 12.6. The highest BCUT2D eigenvalue weighted by Gasteiger charge is 2.40. The molecule has 0 atom stereocenters. The van der Waals surface area contributed by atoms with Gasteiger partial charge in [0.2, 0.25) is 0 Å². The van der Waals surface area contributed by atoms with Crippen molar-refractivity contribution in [2.75, 3.05) is 0 Å². The first-order valence-electron chi connectivity index (χ1n) is 14.4. The Bertz CT molecular complexity index is 1500. The molecular weight excluding hydrogens is 557 g/mol. The number of hydrogen-bond acceptors (Lipinski definition) is 3. The molecule has 4 aromatic carbocycles. The molecule has 5 heteroatoms. The quantitative estimate of drug-likeness (QED) is 0.173. The monoisotopic (exact) mass is 602 g/mol. The van der Waals surface area contributed by atoms with Gasteiger partial charge in [-0.25, -0.2) is 8.42 Å². The molecule has 0 heterocycles. The molecule has 0 saturated heterocycles. The van der Waals surface area contributed by atoms with Crippen LogP contribution in [-0.4, -0.2) is 13.0 Å². The van der Waals surface area contributed by atoms with Crippen LogP contribution in [0.25, 0.3) is 0 Å². The lowest BCUT2D eigenvalue weighted by Gasteiger charge is -2.32. The Hall–Kier alpha value is -2.86. The molecule has 0 radical (unpaired) electrons. The van der Waals surface area contributed by atoms with Gasteiger partial charge < -0.3 is 4.55 Å². The highest BCUT2D eigenvalue weighted by Crippen LogP contribution is 2.45. The van der Waals surface area contributed by atoms with Gasteiger partial charge in [0.1, 0.15) is 10.1 Å². The molecule has 0 unspecified atom stereocenters. The smallest absolute Gasteiger partial charge is 0.174 e. The lowest BCUT2D eigenvalue weighted by atomic mass is 9.75. The van der Waals surface area contributed by atoms with Crippen molar-refractivity contribution >= 4 is 21.0 Å². The third-order valence-corrected chi connectivity index (χ3v) is 10.2. The van der Waals surface area contributed by atoms with E-state index in [1.807, 2.05) is 6.92 Å². The largest absolute Gasteiger partial charge is 0.744 e. The van der Waals surface area contributed by atoms with Crippen LogP contribution in [0.5, 0.6) is 0 Å². The maximum Gasteiger partial charge on any atom is 0.174 e. The van der Waals surface area contributed by atoms with Crippen molar-refractivity contribution in [3.05, 3.63) is 119 Å². The minimum absolute atomic E-state index is 0.0470. The van der Waals surface area contributed by atoms with E-state index < -0.39 is 10.1 Å². The zero-order chi connectivity index (χ0) is 31.5. The standard InChI is InChI=1S/C30H39S.C7H8O3S/c1-28(2,3)22-20-25(29(4,5)6)27(26(21-22)30(7,8)9)31(23-16-12-10-13-17-23)24-18-14-11-15-19-24;1-6-2-4-7(5-3-6)11(8,9)10/h10-21H,1-9H3;2-5H,1H3,(H,8,9,10)/q+1;/p-1. The van der Waals surface area contributed by atoms with Gasteiger partial charge in [0.25, 0.3) is 0 Å². The summed E-state index contributed by atoms with van der Waals surface area (Å²) in [6.07, 6.45) is 0. The van der Waals surface area contributed by atoms with Crippen molar-refractivity contribution in [1.29, 1.82) is 0 Å². The van der Waals surface area contributed by atoms with E-state index in [1.54, 1.807) is 12.1 Å². The highest BCUT2D eigenvalue weighted by atomic mass is 32.2. The fraction of sp³-hybridized carbons (Fsp3) is 0.351. The minimum atomic E-state index is -4.27. The van der Waals surface area contributed by atoms with Crippen LogP contribution >= 0.6 is 0 Å². The molecule has 0 fully saturated rings. The maximum atomic E-state index is 10.4. The molecule has 4 aromatic rings. The zero-order valence-corrected chi connectivity index (χ0v) is 28.4. The molecule has 0 aromatic heterocycles. The van der Waals surface area contributed by atoms with Gasteiger partial charge in [-0.1, -0.05) is 116 Å². The molecule has 3 nitrogen and oxygen atoms in total. The molecule has 0 bridgehead atoms. The van der Waals surface area contributed by atoms with Crippen molar-refractivity contribution in [1.82, 2.24) is 0 Å². The summed E-state index contributed by atoms with van der Waals surface area (Å²) < 4.78 is 31.2. The lowest BCUT2D eigenvalue weighted by molar-refractivity contribution is 0.463. The SMILES string of the molecule is CC(C)(C)c1cc(C(C)(C)C)c([S+](c2ccccc2)c2ccccc2)c(C(C)(C)C)c1.Cc1ccc(S(=O)(=O)[O-])cc1. The van der Waals surface area contributed by atoms with Crippen LogP contribution in [0.4, 0.5) is 0 Å². The van der Waals surface area contributed by atoms with E-state index in [-0.39, 0.29) is 32.0 Å². The minimum Gasteiger partial charge on any atom is -0.744 e. The van der Waals surface area contributed by atoms with E-state index in [1.165, 1.54) is 43.5 Å². The predicted molar refractivity (Wildman–Crippen MR) is 177 cm³/mol. The molecule has 42 heavy (non-hydrogen) atoms. The number of aryl methyl sites for hydroxylation is 1. The van der Waals surface area contributed by atoms with E-state index in [0.717, 1.165) is 5.56 Å². The molecule has 0 spiro atoms. The van der Waals surface area contributed by atoms with E-state index in [9.17, 15) is 13.0 Å². The fourth-order valence-corrected chi connectivity index (χ4v) is 7.83. The summed E-state index contributed by atoms with van der Waals surface area (Å²) in [5.74, 6) is 0. The van der Waals surface area contributed by atoms with Crippen LogP contribution in [0.2, 0.25) is 0 Å². The van der Waals surface area contributed by atoms with E-state index in [0.29, 0.717) is 0 Å². The van der Waals surface area contributed by atoms with Crippen LogP contribution in [0.1, 0.15) is 84.6 Å². The van der Waals surface area contributed by atoms with Gasteiger partial charge in [-0.15, -0.1) is 0 Å². The first-order valence-corrected chi connectivity index (χ1v) is 17.0. The summed E-state index contributed by atoms with van der Waals surface area (Å²) in [6, 6.07) is 32.9. The van der Waals surface area contributed by atoms with Gasteiger partial charge >= 0.3 is 0 Å². The molecule has 0 aliphatic heterocycles. The number of benzene rings is 4. The Labute approximate surface area is 257 Å². The van der Waals surface area contributed by atoms with Crippen LogP contribution in [0, 0.1) is 6.92 Å². The topological polar surface area (TPSA) is 57.2 Å². The van der Waals surface area contributed by atoms with Gasteiger partial charge in [0.05, 0.1) is 15.8 Å². The molecule has 0 aliphatic rings. The molecule has 0 N–H and O–H groups in total. The van der Waals surface area contributed by atoms with Crippen LogP contribution in [-0.2, 0) is 37.3 Å². The van der Waals surface area contributed by atoms with Crippen molar-refractivity contribution in [3.63, 3.8) is 0 Å². The predicted octanol–water partition coefficient (Wildman–Crippen LogP) is 9.57. The molecular formula is C37H46O3S2. The van der Waals surface area contributed by atoms with Gasteiger partial charge in [0.15, 0.2) is 14.7 Å². The van der Waals surface area contributed by atoms with Crippen molar-refractivity contribution < 1.29 is 13.0 Å². The third-order valence-electron chi connectivity index (χ3n) is 7.04. The Morgan fingerprint density at radius 1 is 0.571 bits per heavy atom. The summed E-state index contributed by atoms with van der Waals surface area (Å²) in [4.78, 5) is 4.09. The summed E-state index contributed by atoms with van der Waals surface area (Å²) >= 11 is 0. The molecule has 0 saturated carbocycles. The van der Waals surface area contributed by atoms with Gasteiger partial charge in [0, 0.05) is 11.1 Å². The third kappa shape index (κ3) is 8.59. The van der Waals surface area contributed by atoms with Crippen LogP contribution in [0.15, 0.2) is 117 Å². The Kier molecular flexibility index (Phi) is 10.2. The van der Waals surface area contributed by atoms with Crippen molar-refractivity contribution in [3.8, 4) is 0 Å². The Morgan fingerprint density at radius 2 is 0.952 bits per heavy atom. The van der Waals surface area contributed by atoms with Crippen molar-refractivity contribution in [2.45, 2.75) is 105 Å². The first kappa shape index (κ1) is 33.6. The molecule has 0 aliphatic carbocycles. The molecule has 4 rings (SSSR count). The van der Waals surface area contributed by atoms with Crippen molar-refractivity contribution in [2.24, 2.45) is 0 Å². The maximum absolute atomic E-state index is 10.4. The summed E-state index contributed by atoms with van der Waals surface area (Å²) in [7, 11) is -4.44. The molecule has 224 valence electrons. The van der Waals surface area contributed by atoms with Gasteiger partial charge in [-0.05, 0) is 77.3 Å². The summed E-state index contributed by atoms with van der Waals surface area (Å²) in [6.45, 7) is 23.0. The van der Waals surface area contributed by atoms with E-state index in [4.69, 9.17) is 0 Å². The summed E-state index contributed by atoms with van der Waals surface area (Å²) in [5.41, 5.74) is 5.50. The van der Waals surface area contributed by atoms with Gasteiger partial charge in [-0.3, -0.25) is 0 Å². The van der Waals surface area contributed by atoms with Gasteiger partial charge in [-0.2, -0.15) is 0 Å². The summed E-state index contributed by atoms with van der Waals surface area (Å²) in [5, 5.41) is 0. The highest BCUT2D eigenvalue weighted by molar-refractivity contribution is 7.97. The van der Waals surface area contributed by atoms with Crippen LogP contribution < -0.4 is 0 Å². The van der Waals surface area contributed by atoms with E-state index >= 15 is 0 Å². The second-order valence-corrected chi connectivity index (χ2v) is 17.2. The lowest BCUT2D eigenvalue weighted by Crippen LogP contribution is -2.26. The van der Waals surface area contributed by atoms with Crippen LogP contribution in [0.3, 0.4) is 0 Å². The molecule has 0 amide bonds. The second-order valence-electron chi connectivity index (χ2n) is 13.8. The zero-order valence-electron chi connectivity index (χ0n) is 26.8. The second kappa shape index (κ2) is 12.8. The first-order chi connectivity index (χ1) is 19.3. The number of hydrogen-bond donors (Lipinski definition) is 0. The fourth-order valence-electron chi connectivity index (χ4n) is 4.59. The Morgan fingerprint density at radius 3 is 1.26 bits per heavy atom. The van der Waals surface area contributed by atoms with E-state index in [2.05, 4.69) is 135 Å². The average molecular weight is 603 g/mol. The number of rotatable bonds is 4.